The van der Waals surface area contributed by atoms with Gasteiger partial charge in [0.2, 0.25) is 0 Å². The van der Waals surface area contributed by atoms with Crippen LogP contribution in [-0.2, 0) is 0 Å². The van der Waals surface area contributed by atoms with Gasteiger partial charge in [0.05, 0.1) is 18.0 Å². The fourth-order valence-electron chi connectivity index (χ4n) is 3.34. The number of hydrogen-bond acceptors (Lipinski definition) is 5. The largest absolute Gasteiger partial charge is 0.507 e. The SMILES string of the molecule is Cc1cc(/C=C/c2cc3ccccc3cc2C(=O)Oc2cncnc2)cc(C)c1O. The van der Waals surface area contributed by atoms with E-state index in [0.29, 0.717) is 11.3 Å². The summed E-state index contributed by atoms with van der Waals surface area (Å²) in [7, 11) is 0. The number of benzene rings is 3. The Labute approximate surface area is 174 Å². The number of carbonyl (C=O) groups is 1. The van der Waals surface area contributed by atoms with E-state index in [9.17, 15) is 9.90 Å². The van der Waals surface area contributed by atoms with Crippen molar-refractivity contribution in [2.45, 2.75) is 13.8 Å². The Kier molecular flexibility index (Phi) is 5.26. The molecule has 0 amide bonds. The molecular formula is C25H20N2O3. The van der Waals surface area contributed by atoms with Crippen LogP contribution < -0.4 is 4.74 Å². The van der Waals surface area contributed by atoms with Crippen molar-refractivity contribution in [2.24, 2.45) is 0 Å². The van der Waals surface area contributed by atoms with Gasteiger partial charge in [0.25, 0.3) is 0 Å². The smallest absolute Gasteiger partial charge is 0.344 e. The Morgan fingerprint density at radius 1 is 0.933 bits per heavy atom. The Morgan fingerprint density at radius 3 is 2.23 bits per heavy atom. The zero-order chi connectivity index (χ0) is 21.1. The van der Waals surface area contributed by atoms with Gasteiger partial charge in [-0.05, 0) is 71.1 Å². The normalized spacial score (nSPS) is 11.1. The molecule has 0 saturated heterocycles. The summed E-state index contributed by atoms with van der Waals surface area (Å²) in [5.74, 6) is 0.107. The van der Waals surface area contributed by atoms with Gasteiger partial charge in [-0.1, -0.05) is 36.4 Å². The summed E-state index contributed by atoms with van der Waals surface area (Å²) in [6, 6.07) is 15.4. The third-order valence-corrected chi connectivity index (χ3v) is 4.85. The number of esters is 1. The Morgan fingerprint density at radius 2 is 1.57 bits per heavy atom. The van der Waals surface area contributed by atoms with Crippen LogP contribution in [-0.4, -0.2) is 21.0 Å². The van der Waals surface area contributed by atoms with Gasteiger partial charge in [-0.15, -0.1) is 0 Å². The number of ether oxygens (including phenoxy) is 1. The van der Waals surface area contributed by atoms with Crippen molar-refractivity contribution in [1.29, 1.82) is 0 Å². The first kappa shape index (κ1) is 19.3. The molecule has 0 bridgehead atoms. The monoisotopic (exact) mass is 396 g/mol. The van der Waals surface area contributed by atoms with Crippen molar-refractivity contribution in [3.8, 4) is 11.5 Å². The maximum atomic E-state index is 12.9. The lowest BCUT2D eigenvalue weighted by Crippen LogP contribution is -2.10. The third-order valence-electron chi connectivity index (χ3n) is 4.85. The fraction of sp³-hybridized carbons (Fsp3) is 0.0800. The van der Waals surface area contributed by atoms with E-state index in [-0.39, 0.29) is 5.75 Å². The fourth-order valence-corrected chi connectivity index (χ4v) is 3.34. The minimum atomic E-state index is -0.478. The lowest BCUT2D eigenvalue weighted by atomic mass is 9.99. The molecule has 0 aliphatic rings. The van der Waals surface area contributed by atoms with E-state index in [1.54, 1.807) is 0 Å². The summed E-state index contributed by atoms with van der Waals surface area (Å²) in [5.41, 5.74) is 3.72. The number of rotatable bonds is 4. The highest BCUT2D eigenvalue weighted by molar-refractivity contribution is 6.01. The molecule has 0 radical (unpaired) electrons. The molecule has 1 N–H and O–H groups in total. The molecule has 148 valence electrons. The summed E-state index contributed by atoms with van der Waals surface area (Å²) >= 11 is 0. The maximum Gasteiger partial charge on any atom is 0.344 e. The minimum absolute atomic E-state index is 0.287. The Hall–Kier alpha value is -3.99. The van der Waals surface area contributed by atoms with Crippen LogP contribution in [0.4, 0.5) is 0 Å². The predicted octanol–water partition coefficient (Wildman–Crippen LogP) is 5.34. The van der Waals surface area contributed by atoms with Gasteiger partial charge in [-0.25, -0.2) is 14.8 Å². The second-order valence-electron chi connectivity index (χ2n) is 7.09. The van der Waals surface area contributed by atoms with Gasteiger partial charge in [0, 0.05) is 0 Å². The van der Waals surface area contributed by atoms with Crippen LogP contribution in [0.15, 0.2) is 67.3 Å². The number of fused-ring (bicyclic) bond motifs is 1. The van der Waals surface area contributed by atoms with Crippen molar-refractivity contribution in [2.75, 3.05) is 0 Å². The molecule has 0 spiro atoms. The summed E-state index contributed by atoms with van der Waals surface area (Å²) < 4.78 is 5.47. The molecule has 1 heterocycles. The molecule has 0 fully saturated rings. The Balaban J connectivity index is 1.75. The molecule has 30 heavy (non-hydrogen) atoms. The molecule has 3 aromatic carbocycles. The highest BCUT2D eigenvalue weighted by Gasteiger charge is 2.14. The molecule has 0 aliphatic heterocycles. The summed E-state index contributed by atoms with van der Waals surface area (Å²) in [6.45, 7) is 3.72. The summed E-state index contributed by atoms with van der Waals surface area (Å²) in [6.07, 6.45) is 8.08. The predicted molar refractivity (Wildman–Crippen MR) is 117 cm³/mol. The second kappa shape index (κ2) is 8.17. The first-order valence-corrected chi connectivity index (χ1v) is 9.49. The molecule has 1 aromatic heterocycles. The van der Waals surface area contributed by atoms with Crippen molar-refractivity contribution in [1.82, 2.24) is 9.97 Å². The topological polar surface area (TPSA) is 72.3 Å². The van der Waals surface area contributed by atoms with Gasteiger partial charge < -0.3 is 9.84 Å². The molecule has 4 rings (SSSR count). The van der Waals surface area contributed by atoms with Crippen LogP contribution in [0.2, 0.25) is 0 Å². The zero-order valence-electron chi connectivity index (χ0n) is 16.7. The average Bonchev–Trinajstić information content (AvgIpc) is 2.76. The van der Waals surface area contributed by atoms with E-state index in [4.69, 9.17) is 4.74 Å². The van der Waals surface area contributed by atoms with Crippen LogP contribution in [0.25, 0.3) is 22.9 Å². The van der Waals surface area contributed by atoms with E-state index in [2.05, 4.69) is 9.97 Å². The van der Waals surface area contributed by atoms with E-state index in [1.165, 1.54) is 18.7 Å². The number of carbonyl (C=O) groups excluding carboxylic acids is 1. The van der Waals surface area contributed by atoms with Gasteiger partial charge >= 0.3 is 5.97 Å². The van der Waals surface area contributed by atoms with Crippen molar-refractivity contribution in [3.05, 3.63) is 95.1 Å². The van der Waals surface area contributed by atoms with E-state index in [0.717, 1.165) is 33.0 Å². The average molecular weight is 396 g/mol. The van der Waals surface area contributed by atoms with Gasteiger partial charge in [-0.3, -0.25) is 0 Å². The number of nitrogens with zero attached hydrogens (tertiary/aromatic N) is 2. The van der Waals surface area contributed by atoms with Crippen LogP contribution >= 0.6 is 0 Å². The van der Waals surface area contributed by atoms with Crippen LogP contribution in [0.3, 0.4) is 0 Å². The van der Waals surface area contributed by atoms with Crippen molar-refractivity contribution < 1.29 is 14.6 Å². The third kappa shape index (κ3) is 4.05. The van der Waals surface area contributed by atoms with E-state index >= 15 is 0 Å². The Bertz CT molecular complexity index is 1240. The van der Waals surface area contributed by atoms with E-state index in [1.807, 2.05) is 74.5 Å². The molecule has 0 atom stereocenters. The molecular weight excluding hydrogens is 376 g/mol. The molecule has 5 nitrogen and oxygen atoms in total. The highest BCUT2D eigenvalue weighted by Crippen LogP contribution is 2.26. The lowest BCUT2D eigenvalue weighted by molar-refractivity contribution is 0.0733. The molecule has 0 unspecified atom stereocenters. The molecule has 5 heteroatoms. The minimum Gasteiger partial charge on any atom is -0.507 e. The number of phenolic OH excluding ortho intramolecular Hbond substituents is 1. The van der Waals surface area contributed by atoms with Crippen LogP contribution in [0.5, 0.6) is 11.5 Å². The van der Waals surface area contributed by atoms with Crippen molar-refractivity contribution in [3.63, 3.8) is 0 Å². The quantitative estimate of drug-likeness (QED) is 0.372. The standard InChI is InChI=1S/C25H20N2O3/c1-16-9-18(10-17(2)24(16)28)7-8-21-11-19-5-3-4-6-20(19)12-23(21)25(29)30-22-13-26-15-27-14-22/h3-15,28H,1-2H3/b8-7+. The number of aryl methyl sites for hydroxylation is 2. The van der Waals surface area contributed by atoms with Gasteiger partial charge in [0.1, 0.15) is 12.1 Å². The van der Waals surface area contributed by atoms with Crippen LogP contribution in [0.1, 0.15) is 32.6 Å². The number of aromatic hydroxyl groups is 1. The molecule has 4 aromatic rings. The van der Waals surface area contributed by atoms with Gasteiger partial charge in [0.15, 0.2) is 5.75 Å². The number of hydrogen-bond donors (Lipinski definition) is 1. The second-order valence-corrected chi connectivity index (χ2v) is 7.09. The maximum absolute atomic E-state index is 12.9. The number of aromatic nitrogens is 2. The van der Waals surface area contributed by atoms with Gasteiger partial charge in [-0.2, -0.15) is 0 Å². The van der Waals surface area contributed by atoms with Crippen molar-refractivity contribution >= 4 is 28.9 Å². The molecule has 0 aliphatic carbocycles. The molecule has 0 saturated carbocycles. The van der Waals surface area contributed by atoms with E-state index < -0.39 is 5.97 Å². The number of phenols is 1. The first-order valence-electron chi connectivity index (χ1n) is 9.49. The zero-order valence-corrected chi connectivity index (χ0v) is 16.7. The summed E-state index contributed by atoms with van der Waals surface area (Å²) in [5, 5.41) is 12.0. The van der Waals surface area contributed by atoms with Crippen LogP contribution in [0, 0.1) is 13.8 Å². The highest BCUT2D eigenvalue weighted by atomic mass is 16.5. The first-order chi connectivity index (χ1) is 14.5. The summed E-state index contributed by atoms with van der Waals surface area (Å²) in [4.78, 5) is 20.7. The lowest BCUT2D eigenvalue weighted by Gasteiger charge is -2.09.